The number of H-pyrrole nitrogens is 1. The fraction of sp³-hybridized carbons (Fsp3) is 0.526. The first kappa shape index (κ1) is 21.8. The van der Waals surface area contributed by atoms with Gasteiger partial charge >= 0.3 is 0 Å². The Balaban J connectivity index is 0.00000312. The van der Waals surface area contributed by atoms with Gasteiger partial charge in [0.05, 0.1) is 6.54 Å². The lowest BCUT2D eigenvalue weighted by molar-refractivity contribution is 0.251. The Bertz CT molecular complexity index is 602. The Morgan fingerprint density at radius 3 is 2.68 bits per heavy atom. The van der Waals surface area contributed by atoms with E-state index in [1.54, 1.807) is 0 Å². The fourth-order valence-corrected chi connectivity index (χ4v) is 2.90. The third-order valence-corrected chi connectivity index (χ3v) is 4.13. The number of rotatable bonds is 9. The second kappa shape index (κ2) is 12.1. The minimum Gasteiger partial charge on any atom is -0.396 e. The number of aromatic nitrogens is 1. The van der Waals surface area contributed by atoms with E-state index in [0.717, 1.165) is 49.5 Å². The van der Waals surface area contributed by atoms with E-state index in [9.17, 15) is 5.11 Å². The fourth-order valence-electron chi connectivity index (χ4n) is 2.90. The van der Waals surface area contributed by atoms with Gasteiger partial charge in [-0.2, -0.15) is 0 Å². The third kappa shape index (κ3) is 7.23. The maximum atomic E-state index is 9.18. The summed E-state index contributed by atoms with van der Waals surface area (Å²) in [6.07, 6.45) is 3.09. The van der Waals surface area contributed by atoms with Gasteiger partial charge in [-0.05, 0) is 43.2 Å². The van der Waals surface area contributed by atoms with Crippen molar-refractivity contribution >= 4 is 40.8 Å². The summed E-state index contributed by atoms with van der Waals surface area (Å²) in [5.74, 6) is 1.31. The standard InChI is InChI=1S/C19H30N4O.HI/c1-3-7-15(10-11-24)13-21-19(20-4-2)22-14-17-12-16-8-5-6-9-18(16)23-17;/h5-6,8-9,12,15,23-24H,3-4,7,10-11,13-14H2,1-2H3,(H2,20,21,22);1H. The van der Waals surface area contributed by atoms with Crippen LogP contribution in [0.25, 0.3) is 10.9 Å². The van der Waals surface area contributed by atoms with Crippen LogP contribution in [0, 0.1) is 5.92 Å². The molecule has 0 aliphatic rings. The number of benzene rings is 1. The number of nitrogens with zero attached hydrogens (tertiary/aromatic N) is 1. The molecule has 2 aromatic rings. The van der Waals surface area contributed by atoms with Crippen molar-refractivity contribution in [1.29, 1.82) is 0 Å². The lowest BCUT2D eigenvalue weighted by atomic mass is 10.0. The molecule has 1 heterocycles. The number of aliphatic hydroxyl groups is 1. The van der Waals surface area contributed by atoms with E-state index >= 15 is 0 Å². The first-order valence-electron chi connectivity index (χ1n) is 8.96. The van der Waals surface area contributed by atoms with E-state index in [-0.39, 0.29) is 30.6 Å². The van der Waals surface area contributed by atoms with E-state index in [1.807, 2.05) is 12.1 Å². The highest BCUT2D eigenvalue weighted by atomic mass is 127. The summed E-state index contributed by atoms with van der Waals surface area (Å²) < 4.78 is 0. The third-order valence-electron chi connectivity index (χ3n) is 4.13. The number of nitrogens with one attached hydrogen (secondary N) is 3. The zero-order valence-electron chi connectivity index (χ0n) is 15.2. The quantitative estimate of drug-likeness (QED) is 0.264. The van der Waals surface area contributed by atoms with Crippen LogP contribution in [0.1, 0.15) is 38.8 Å². The van der Waals surface area contributed by atoms with Gasteiger partial charge in [0.2, 0.25) is 0 Å². The molecule has 0 aliphatic carbocycles. The van der Waals surface area contributed by atoms with Crippen LogP contribution >= 0.6 is 24.0 Å². The lowest BCUT2D eigenvalue weighted by Gasteiger charge is -2.18. The molecule has 0 saturated heterocycles. The van der Waals surface area contributed by atoms with Crippen molar-refractivity contribution in [3.05, 3.63) is 36.0 Å². The number of guanidine groups is 1. The maximum absolute atomic E-state index is 9.18. The minimum absolute atomic E-state index is 0. The average molecular weight is 458 g/mol. The second-order valence-electron chi connectivity index (χ2n) is 6.12. The van der Waals surface area contributed by atoms with Gasteiger partial charge in [-0.25, -0.2) is 4.99 Å². The number of aliphatic hydroxyl groups excluding tert-OH is 1. The van der Waals surface area contributed by atoms with E-state index in [2.05, 4.69) is 52.7 Å². The molecule has 4 N–H and O–H groups in total. The zero-order chi connectivity index (χ0) is 17.2. The summed E-state index contributed by atoms with van der Waals surface area (Å²) in [6.45, 7) is 6.78. The Morgan fingerprint density at radius 2 is 2.00 bits per heavy atom. The molecule has 1 aromatic heterocycles. The molecule has 6 heteroatoms. The molecule has 1 atom stereocenters. The van der Waals surface area contributed by atoms with Gasteiger partial charge in [0, 0.05) is 30.9 Å². The summed E-state index contributed by atoms with van der Waals surface area (Å²) in [5, 5.41) is 17.1. The van der Waals surface area contributed by atoms with Crippen LogP contribution in [-0.4, -0.2) is 35.7 Å². The molecule has 0 spiro atoms. The number of fused-ring (bicyclic) bond motifs is 1. The molecular formula is C19H31IN4O. The molecule has 0 fully saturated rings. The molecule has 0 aliphatic heterocycles. The summed E-state index contributed by atoms with van der Waals surface area (Å²) in [6, 6.07) is 10.4. The van der Waals surface area contributed by atoms with Crippen LogP contribution in [0.5, 0.6) is 0 Å². The average Bonchev–Trinajstić information content (AvgIpc) is 3.00. The molecular weight excluding hydrogens is 427 g/mol. The molecule has 0 amide bonds. The summed E-state index contributed by atoms with van der Waals surface area (Å²) in [7, 11) is 0. The molecule has 0 radical (unpaired) electrons. The highest BCUT2D eigenvalue weighted by Crippen LogP contribution is 2.15. The smallest absolute Gasteiger partial charge is 0.191 e. The van der Waals surface area contributed by atoms with Crippen LogP contribution in [-0.2, 0) is 6.54 Å². The Morgan fingerprint density at radius 1 is 1.20 bits per heavy atom. The Hall–Kier alpha value is -1.28. The molecule has 140 valence electrons. The molecule has 0 saturated carbocycles. The number of halogens is 1. The predicted octanol–water partition coefficient (Wildman–Crippen LogP) is 3.64. The van der Waals surface area contributed by atoms with Gasteiger partial charge in [0.25, 0.3) is 0 Å². The highest BCUT2D eigenvalue weighted by Gasteiger charge is 2.08. The van der Waals surface area contributed by atoms with Crippen molar-refractivity contribution in [1.82, 2.24) is 15.6 Å². The van der Waals surface area contributed by atoms with Crippen molar-refractivity contribution in [2.45, 2.75) is 39.7 Å². The van der Waals surface area contributed by atoms with Gasteiger partial charge in [-0.3, -0.25) is 0 Å². The first-order valence-corrected chi connectivity index (χ1v) is 8.96. The SMILES string of the molecule is CCCC(CCO)CNC(=NCc1cc2ccccc2[nH]1)NCC.I. The molecule has 5 nitrogen and oxygen atoms in total. The van der Waals surface area contributed by atoms with Crippen molar-refractivity contribution in [2.24, 2.45) is 10.9 Å². The largest absolute Gasteiger partial charge is 0.396 e. The molecule has 25 heavy (non-hydrogen) atoms. The highest BCUT2D eigenvalue weighted by molar-refractivity contribution is 14.0. The zero-order valence-corrected chi connectivity index (χ0v) is 17.5. The summed E-state index contributed by atoms with van der Waals surface area (Å²) >= 11 is 0. The number of hydrogen-bond donors (Lipinski definition) is 4. The minimum atomic E-state index is 0. The number of para-hydroxylation sites is 1. The Kier molecular flexibility index (Phi) is 10.6. The van der Waals surface area contributed by atoms with Crippen molar-refractivity contribution in [3.63, 3.8) is 0 Å². The topological polar surface area (TPSA) is 72.4 Å². The molecule has 1 aromatic carbocycles. The van der Waals surface area contributed by atoms with Crippen LogP contribution in [0.2, 0.25) is 0 Å². The van der Waals surface area contributed by atoms with Gasteiger partial charge in [-0.1, -0.05) is 31.5 Å². The first-order chi connectivity index (χ1) is 11.8. The van der Waals surface area contributed by atoms with E-state index in [0.29, 0.717) is 12.5 Å². The number of hydrogen-bond acceptors (Lipinski definition) is 2. The van der Waals surface area contributed by atoms with Crippen LogP contribution in [0.3, 0.4) is 0 Å². The molecule has 2 rings (SSSR count). The number of aromatic amines is 1. The number of aliphatic imine (C=N–C) groups is 1. The summed E-state index contributed by atoms with van der Waals surface area (Å²) in [5.41, 5.74) is 2.25. The predicted molar refractivity (Wildman–Crippen MR) is 117 cm³/mol. The van der Waals surface area contributed by atoms with E-state index < -0.39 is 0 Å². The van der Waals surface area contributed by atoms with E-state index in [1.165, 1.54) is 5.39 Å². The summed E-state index contributed by atoms with van der Waals surface area (Å²) in [4.78, 5) is 8.07. The van der Waals surface area contributed by atoms with Gasteiger partial charge in [0.1, 0.15) is 0 Å². The maximum Gasteiger partial charge on any atom is 0.191 e. The molecule has 1 unspecified atom stereocenters. The van der Waals surface area contributed by atoms with E-state index in [4.69, 9.17) is 0 Å². The van der Waals surface area contributed by atoms with Crippen LogP contribution in [0.4, 0.5) is 0 Å². The Labute approximate surface area is 167 Å². The monoisotopic (exact) mass is 458 g/mol. The van der Waals surface area contributed by atoms with Crippen LogP contribution < -0.4 is 10.6 Å². The van der Waals surface area contributed by atoms with Crippen LogP contribution in [0.15, 0.2) is 35.3 Å². The van der Waals surface area contributed by atoms with Gasteiger partial charge in [-0.15, -0.1) is 24.0 Å². The lowest BCUT2D eigenvalue weighted by Crippen LogP contribution is -2.40. The molecule has 0 bridgehead atoms. The van der Waals surface area contributed by atoms with Gasteiger partial charge < -0.3 is 20.7 Å². The normalized spacial score (nSPS) is 12.7. The van der Waals surface area contributed by atoms with Gasteiger partial charge in [0.15, 0.2) is 5.96 Å². The van der Waals surface area contributed by atoms with Crippen molar-refractivity contribution < 1.29 is 5.11 Å². The second-order valence-corrected chi connectivity index (χ2v) is 6.12. The van der Waals surface area contributed by atoms with Crippen molar-refractivity contribution in [3.8, 4) is 0 Å². The van der Waals surface area contributed by atoms with Crippen molar-refractivity contribution in [2.75, 3.05) is 19.7 Å².